The molecule has 25 heavy (non-hydrogen) atoms. The third-order valence-corrected chi connectivity index (χ3v) is 4.10. The Bertz CT molecular complexity index is 696. The van der Waals surface area contributed by atoms with Gasteiger partial charge in [-0.25, -0.2) is 9.97 Å². The fourth-order valence-corrected chi connectivity index (χ4v) is 2.53. The molecule has 134 valence electrons. The van der Waals surface area contributed by atoms with Crippen molar-refractivity contribution in [2.75, 3.05) is 18.0 Å². The van der Waals surface area contributed by atoms with Gasteiger partial charge in [-0.15, -0.1) is 0 Å². The molecule has 0 aliphatic carbocycles. The van der Waals surface area contributed by atoms with E-state index in [4.69, 9.17) is 0 Å². The molecule has 1 aromatic carbocycles. The molecule has 0 fully saturated rings. The molecule has 0 unspecified atom stereocenters. The van der Waals surface area contributed by atoms with Gasteiger partial charge in [-0.2, -0.15) is 0 Å². The zero-order valence-electron chi connectivity index (χ0n) is 15.4. The summed E-state index contributed by atoms with van der Waals surface area (Å²) in [6.45, 7) is 9.17. The molecule has 0 bridgehead atoms. The van der Waals surface area contributed by atoms with E-state index in [0.717, 1.165) is 12.0 Å². The highest BCUT2D eigenvalue weighted by Gasteiger charge is 2.14. The fourth-order valence-electron chi connectivity index (χ4n) is 2.53. The lowest BCUT2D eigenvalue weighted by molar-refractivity contribution is -0.135. The summed E-state index contributed by atoms with van der Waals surface area (Å²) < 4.78 is 0. The minimum absolute atomic E-state index is 0.0601. The molecule has 1 N–H and O–H groups in total. The normalized spacial score (nSPS) is 11.1. The molecule has 0 spiro atoms. The van der Waals surface area contributed by atoms with Crippen molar-refractivity contribution in [1.82, 2.24) is 9.97 Å². The second kappa shape index (κ2) is 8.60. The Balaban J connectivity index is 2.26. The molecule has 5 nitrogen and oxygen atoms in total. The van der Waals surface area contributed by atoms with E-state index in [1.54, 1.807) is 17.2 Å². The van der Waals surface area contributed by atoms with Crippen molar-refractivity contribution in [3.8, 4) is 11.4 Å². The van der Waals surface area contributed by atoms with Gasteiger partial charge in [0.05, 0.1) is 0 Å². The van der Waals surface area contributed by atoms with E-state index in [0.29, 0.717) is 30.0 Å². The minimum Gasteiger partial charge on any atom is -0.480 e. The molecule has 0 radical (unpaired) electrons. The van der Waals surface area contributed by atoms with Gasteiger partial charge in [-0.3, -0.25) is 4.79 Å². The van der Waals surface area contributed by atoms with Crippen molar-refractivity contribution >= 4 is 11.8 Å². The van der Waals surface area contributed by atoms with E-state index in [1.165, 1.54) is 5.56 Å². The van der Waals surface area contributed by atoms with Crippen LogP contribution in [0.5, 0.6) is 0 Å². The second-order valence-corrected chi connectivity index (χ2v) is 7.01. The number of carboxylic acid groups (broad SMARTS) is 1. The lowest BCUT2D eigenvalue weighted by atomic mass is 10.0. The molecule has 1 aromatic heterocycles. The molecule has 0 saturated carbocycles. The molecule has 0 amide bonds. The highest BCUT2D eigenvalue weighted by Crippen LogP contribution is 2.22. The highest BCUT2D eigenvalue weighted by atomic mass is 16.4. The Morgan fingerprint density at radius 1 is 1.12 bits per heavy atom. The zero-order chi connectivity index (χ0) is 18.4. The van der Waals surface area contributed by atoms with Gasteiger partial charge in [-0.05, 0) is 29.9 Å². The fraction of sp³-hybridized carbons (Fsp3) is 0.450. The largest absolute Gasteiger partial charge is 0.480 e. The van der Waals surface area contributed by atoms with Gasteiger partial charge in [0.15, 0.2) is 5.82 Å². The van der Waals surface area contributed by atoms with Crippen LogP contribution in [-0.2, 0) is 4.79 Å². The number of benzene rings is 1. The Kier molecular flexibility index (Phi) is 6.51. The first kappa shape index (κ1) is 18.9. The van der Waals surface area contributed by atoms with Crippen molar-refractivity contribution in [1.29, 1.82) is 0 Å². The predicted molar refractivity (Wildman–Crippen MR) is 101 cm³/mol. The molecule has 2 aromatic rings. The summed E-state index contributed by atoms with van der Waals surface area (Å²) in [4.78, 5) is 22.0. The Hall–Kier alpha value is -2.43. The number of rotatable bonds is 8. The zero-order valence-corrected chi connectivity index (χ0v) is 15.4. The monoisotopic (exact) mass is 341 g/mol. The SMILES string of the molecule is CC(C)CCN(CC(=O)O)c1ccnc(-c2ccc(C(C)C)cc2)n1. The van der Waals surface area contributed by atoms with Crippen LogP contribution in [-0.4, -0.2) is 34.1 Å². The first-order valence-corrected chi connectivity index (χ1v) is 8.77. The maximum atomic E-state index is 11.2. The van der Waals surface area contributed by atoms with Crippen LogP contribution in [0, 0.1) is 5.92 Å². The lowest BCUT2D eigenvalue weighted by Gasteiger charge is -2.23. The van der Waals surface area contributed by atoms with Gasteiger partial charge in [0.25, 0.3) is 0 Å². The van der Waals surface area contributed by atoms with Crippen LogP contribution >= 0.6 is 0 Å². The van der Waals surface area contributed by atoms with Gasteiger partial charge in [-0.1, -0.05) is 52.0 Å². The van der Waals surface area contributed by atoms with Gasteiger partial charge in [0, 0.05) is 18.3 Å². The number of hydrogen-bond donors (Lipinski definition) is 1. The van der Waals surface area contributed by atoms with Gasteiger partial charge < -0.3 is 10.0 Å². The van der Waals surface area contributed by atoms with Crippen LogP contribution in [0.15, 0.2) is 36.5 Å². The van der Waals surface area contributed by atoms with Crippen LogP contribution in [0.25, 0.3) is 11.4 Å². The quantitative estimate of drug-likeness (QED) is 0.779. The number of aromatic nitrogens is 2. The summed E-state index contributed by atoms with van der Waals surface area (Å²) in [6.07, 6.45) is 2.61. The highest BCUT2D eigenvalue weighted by molar-refractivity contribution is 5.73. The van der Waals surface area contributed by atoms with Crippen molar-refractivity contribution < 1.29 is 9.90 Å². The number of anilines is 1. The number of nitrogens with zero attached hydrogens (tertiary/aromatic N) is 3. The van der Waals surface area contributed by atoms with Gasteiger partial charge in [0.1, 0.15) is 12.4 Å². The van der Waals surface area contributed by atoms with E-state index >= 15 is 0 Å². The third-order valence-electron chi connectivity index (χ3n) is 4.10. The van der Waals surface area contributed by atoms with Crippen molar-refractivity contribution in [2.45, 2.75) is 40.0 Å². The number of aliphatic carboxylic acids is 1. The number of carbonyl (C=O) groups is 1. The Morgan fingerprint density at radius 3 is 2.36 bits per heavy atom. The summed E-state index contributed by atoms with van der Waals surface area (Å²) in [7, 11) is 0. The maximum absolute atomic E-state index is 11.2. The average molecular weight is 341 g/mol. The van der Waals surface area contributed by atoms with Gasteiger partial charge >= 0.3 is 5.97 Å². The summed E-state index contributed by atoms with van der Waals surface area (Å²) in [6, 6.07) is 9.98. The van der Waals surface area contributed by atoms with Crippen LogP contribution in [0.3, 0.4) is 0 Å². The van der Waals surface area contributed by atoms with Crippen LogP contribution in [0.1, 0.15) is 45.6 Å². The maximum Gasteiger partial charge on any atom is 0.323 e. The van der Waals surface area contributed by atoms with E-state index in [1.807, 2.05) is 12.1 Å². The molecule has 0 aliphatic heterocycles. The Morgan fingerprint density at radius 2 is 1.80 bits per heavy atom. The third kappa shape index (κ3) is 5.55. The molecule has 2 rings (SSSR count). The second-order valence-electron chi connectivity index (χ2n) is 7.01. The lowest BCUT2D eigenvalue weighted by Crippen LogP contribution is -2.32. The van der Waals surface area contributed by atoms with Gasteiger partial charge in [0.2, 0.25) is 0 Å². The van der Waals surface area contributed by atoms with E-state index in [2.05, 4.69) is 49.8 Å². The molecular formula is C20H27N3O2. The number of carboxylic acids is 1. The first-order chi connectivity index (χ1) is 11.9. The summed E-state index contributed by atoms with van der Waals surface area (Å²) >= 11 is 0. The molecule has 0 saturated heterocycles. The predicted octanol–water partition coefficient (Wildman–Crippen LogP) is 4.20. The van der Waals surface area contributed by atoms with E-state index in [-0.39, 0.29) is 6.54 Å². The molecule has 1 heterocycles. The van der Waals surface area contributed by atoms with Crippen molar-refractivity contribution in [3.63, 3.8) is 0 Å². The van der Waals surface area contributed by atoms with Crippen LogP contribution < -0.4 is 4.90 Å². The number of hydrogen-bond acceptors (Lipinski definition) is 4. The molecular weight excluding hydrogens is 314 g/mol. The molecule has 0 aliphatic rings. The first-order valence-electron chi connectivity index (χ1n) is 8.77. The summed E-state index contributed by atoms with van der Waals surface area (Å²) in [5.41, 5.74) is 2.20. The Labute approximate surface area is 149 Å². The van der Waals surface area contributed by atoms with Crippen molar-refractivity contribution in [2.24, 2.45) is 5.92 Å². The van der Waals surface area contributed by atoms with E-state index < -0.39 is 5.97 Å². The standard InChI is InChI=1S/C20H27N3O2/c1-14(2)10-12-23(13-19(24)25)18-9-11-21-20(22-18)17-7-5-16(6-8-17)15(3)4/h5-9,11,14-15H,10,12-13H2,1-4H3,(H,24,25). The van der Waals surface area contributed by atoms with Crippen LogP contribution in [0.4, 0.5) is 5.82 Å². The topological polar surface area (TPSA) is 66.3 Å². The average Bonchev–Trinajstić information content (AvgIpc) is 2.58. The summed E-state index contributed by atoms with van der Waals surface area (Å²) in [5, 5.41) is 9.19. The molecule has 5 heteroatoms. The van der Waals surface area contributed by atoms with Crippen molar-refractivity contribution in [3.05, 3.63) is 42.1 Å². The van der Waals surface area contributed by atoms with Crippen LogP contribution in [0.2, 0.25) is 0 Å². The summed E-state index contributed by atoms with van der Waals surface area (Å²) in [5.74, 6) is 1.39. The minimum atomic E-state index is -0.856. The molecule has 0 atom stereocenters. The van der Waals surface area contributed by atoms with E-state index in [9.17, 15) is 9.90 Å². The smallest absolute Gasteiger partial charge is 0.323 e.